The molecule has 5 nitrogen and oxygen atoms in total. The molecule has 0 bridgehead atoms. The third-order valence-corrected chi connectivity index (χ3v) is 4.39. The number of anilines is 1. The summed E-state index contributed by atoms with van der Waals surface area (Å²) >= 11 is 0. The molecular formula is C17H17F4N3O2. The number of benzene rings is 1. The second kappa shape index (κ2) is 6.30. The molecule has 1 aliphatic carbocycles. The Hall–Kier alpha value is -2.58. The minimum atomic E-state index is -4.16. The quantitative estimate of drug-likeness (QED) is 0.804. The van der Waals surface area contributed by atoms with E-state index in [9.17, 15) is 22.4 Å². The van der Waals surface area contributed by atoms with Crippen LogP contribution in [-0.2, 0) is 11.8 Å². The van der Waals surface area contributed by atoms with Crippen molar-refractivity contribution in [3.8, 4) is 11.6 Å². The van der Waals surface area contributed by atoms with Crippen molar-refractivity contribution in [3.05, 3.63) is 35.9 Å². The van der Waals surface area contributed by atoms with Gasteiger partial charge < -0.3 is 10.1 Å². The van der Waals surface area contributed by atoms with Crippen molar-refractivity contribution in [1.29, 1.82) is 0 Å². The van der Waals surface area contributed by atoms with E-state index in [0.717, 1.165) is 0 Å². The zero-order valence-electron chi connectivity index (χ0n) is 14.1. The molecule has 0 aliphatic heterocycles. The molecule has 1 aromatic carbocycles. The van der Waals surface area contributed by atoms with Gasteiger partial charge in [-0.3, -0.25) is 4.79 Å². The van der Waals surface area contributed by atoms with E-state index in [4.69, 9.17) is 4.74 Å². The Morgan fingerprint density at radius 3 is 2.54 bits per heavy atom. The Morgan fingerprint density at radius 2 is 1.96 bits per heavy atom. The lowest BCUT2D eigenvalue weighted by atomic mass is 9.74. The zero-order chi connectivity index (χ0) is 19.1. The third-order valence-electron chi connectivity index (χ3n) is 4.39. The number of aryl methyl sites for hydroxylation is 1. The summed E-state index contributed by atoms with van der Waals surface area (Å²) in [4.78, 5) is 12.0. The van der Waals surface area contributed by atoms with Crippen LogP contribution in [0, 0.1) is 12.8 Å². The van der Waals surface area contributed by atoms with Gasteiger partial charge in [0.2, 0.25) is 11.8 Å². The summed E-state index contributed by atoms with van der Waals surface area (Å²) in [5.41, 5.74) is 0.496. The Morgan fingerprint density at radius 1 is 1.31 bits per heavy atom. The number of nitrogens with zero attached hydrogens (tertiary/aromatic N) is 2. The number of rotatable bonds is 5. The lowest BCUT2D eigenvalue weighted by Gasteiger charge is -2.43. The number of nitrogens with one attached hydrogen (secondary N) is 1. The van der Waals surface area contributed by atoms with Crippen LogP contribution < -0.4 is 10.1 Å². The van der Waals surface area contributed by atoms with E-state index in [1.54, 1.807) is 38.2 Å². The highest BCUT2D eigenvalue weighted by molar-refractivity contribution is 5.91. The Kier molecular flexibility index (Phi) is 4.41. The second-order valence-corrected chi connectivity index (χ2v) is 6.30. The monoisotopic (exact) mass is 371 g/mol. The minimum Gasteiger partial charge on any atom is -0.437 e. The van der Waals surface area contributed by atoms with E-state index in [0.29, 0.717) is 11.3 Å². The molecule has 0 radical (unpaired) electrons. The predicted octanol–water partition coefficient (Wildman–Crippen LogP) is 4.14. The van der Waals surface area contributed by atoms with Gasteiger partial charge in [-0.25, -0.2) is 4.68 Å². The minimum absolute atomic E-state index is 0.245. The molecule has 2 aromatic rings. The molecule has 0 unspecified atom stereocenters. The van der Waals surface area contributed by atoms with Gasteiger partial charge >= 0.3 is 11.8 Å². The van der Waals surface area contributed by atoms with Gasteiger partial charge in [0.1, 0.15) is 11.6 Å². The predicted molar refractivity (Wildman–Crippen MR) is 85.7 cm³/mol. The molecule has 3 rings (SSSR count). The maximum absolute atomic E-state index is 13.3. The molecule has 1 amide bonds. The largest absolute Gasteiger partial charge is 0.437 e. The van der Waals surface area contributed by atoms with Crippen LogP contribution in [0.25, 0.3) is 0 Å². The molecule has 0 saturated heterocycles. The summed E-state index contributed by atoms with van der Waals surface area (Å²) in [6.07, 6.45) is -1.69. The number of carbonyl (C=O) groups excluding carboxylic acids is 1. The highest BCUT2D eigenvalue weighted by Crippen LogP contribution is 2.56. The Balaban J connectivity index is 1.68. The first-order valence-electron chi connectivity index (χ1n) is 7.94. The number of ether oxygens (including phenoxy) is 1. The molecule has 1 heterocycles. The van der Waals surface area contributed by atoms with Gasteiger partial charge in [0, 0.05) is 25.8 Å². The maximum Gasteiger partial charge on any atom is 0.313 e. The number of para-hydroxylation sites is 1. The van der Waals surface area contributed by atoms with Crippen molar-refractivity contribution in [2.75, 3.05) is 5.32 Å². The molecule has 9 heteroatoms. The summed E-state index contributed by atoms with van der Waals surface area (Å²) < 4.78 is 59.3. The first-order valence-corrected chi connectivity index (χ1v) is 7.94. The van der Waals surface area contributed by atoms with Crippen molar-refractivity contribution in [2.45, 2.75) is 31.6 Å². The van der Waals surface area contributed by atoms with Gasteiger partial charge in [0.15, 0.2) is 0 Å². The number of hydrogen-bond acceptors (Lipinski definition) is 3. The number of hydrogen-bond donors (Lipinski definition) is 1. The summed E-state index contributed by atoms with van der Waals surface area (Å²) in [5, 5.41) is 6.59. The molecule has 26 heavy (non-hydrogen) atoms. The average molecular weight is 371 g/mol. The van der Waals surface area contributed by atoms with E-state index in [-0.39, 0.29) is 11.7 Å². The molecule has 0 spiro atoms. The fourth-order valence-electron chi connectivity index (χ4n) is 2.83. The van der Waals surface area contributed by atoms with Crippen LogP contribution in [-0.4, -0.2) is 27.5 Å². The van der Waals surface area contributed by atoms with Crippen LogP contribution >= 0.6 is 0 Å². The average Bonchev–Trinajstić information content (AvgIpc) is 2.82. The van der Waals surface area contributed by atoms with Crippen LogP contribution in [0.4, 0.5) is 23.4 Å². The van der Waals surface area contributed by atoms with Crippen molar-refractivity contribution >= 4 is 11.7 Å². The maximum atomic E-state index is 13.3. The summed E-state index contributed by atoms with van der Waals surface area (Å²) in [6.45, 7) is 1.65. The molecule has 1 aromatic heterocycles. The smallest absolute Gasteiger partial charge is 0.313 e. The second-order valence-electron chi connectivity index (χ2n) is 6.30. The zero-order valence-corrected chi connectivity index (χ0v) is 14.1. The highest BCUT2D eigenvalue weighted by atomic mass is 19.3. The van der Waals surface area contributed by atoms with Crippen LogP contribution in [0.1, 0.15) is 18.4 Å². The first-order chi connectivity index (χ1) is 12.1. The van der Waals surface area contributed by atoms with Gasteiger partial charge in [0.05, 0.1) is 5.56 Å². The van der Waals surface area contributed by atoms with E-state index in [2.05, 4.69) is 10.4 Å². The van der Waals surface area contributed by atoms with Gasteiger partial charge in [-0.05, 0) is 19.1 Å². The Bertz CT molecular complexity index is 821. The number of carbonyl (C=O) groups is 1. The van der Waals surface area contributed by atoms with Crippen LogP contribution in [0.15, 0.2) is 30.3 Å². The standard InChI is InChI=1S/C17H17F4N3O2/c1-10-14(22-13(25)8-11-9-16(18,19)17(11,20)21)24(2)23-15(10)26-12-6-4-3-5-7-12/h3-7,11H,8-9H2,1-2H3,(H,22,25)/t11-/m1/s1. The topological polar surface area (TPSA) is 56.1 Å². The number of amides is 1. The van der Waals surface area contributed by atoms with Gasteiger partial charge in [-0.2, -0.15) is 17.6 Å². The molecule has 1 atom stereocenters. The number of alkyl halides is 4. The molecule has 1 aliphatic rings. The van der Waals surface area contributed by atoms with Gasteiger partial charge in [0.25, 0.3) is 0 Å². The van der Waals surface area contributed by atoms with E-state index < -0.39 is 36.5 Å². The summed E-state index contributed by atoms with van der Waals surface area (Å²) in [7, 11) is 1.55. The molecule has 140 valence electrons. The van der Waals surface area contributed by atoms with Crippen molar-refractivity contribution in [3.63, 3.8) is 0 Å². The van der Waals surface area contributed by atoms with E-state index in [1.807, 2.05) is 6.07 Å². The van der Waals surface area contributed by atoms with E-state index in [1.165, 1.54) is 4.68 Å². The fraction of sp³-hybridized carbons (Fsp3) is 0.412. The number of aromatic nitrogens is 2. The van der Waals surface area contributed by atoms with Crippen molar-refractivity contribution < 1.29 is 27.1 Å². The summed E-state index contributed by atoms with van der Waals surface area (Å²) in [5.74, 6) is -9.61. The van der Waals surface area contributed by atoms with Crippen molar-refractivity contribution in [1.82, 2.24) is 9.78 Å². The molecule has 1 saturated carbocycles. The first kappa shape index (κ1) is 18.2. The lowest BCUT2D eigenvalue weighted by Crippen LogP contribution is -2.59. The number of halogens is 4. The van der Waals surface area contributed by atoms with Gasteiger partial charge in [-0.1, -0.05) is 18.2 Å². The normalized spacial score (nSPS) is 20.3. The molecular weight excluding hydrogens is 354 g/mol. The lowest BCUT2D eigenvalue weighted by molar-refractivity contribution is -0.313. The highest BCUT2D eigenvalue weighted by Gasteiger charge is 2.71. The molecule has 1 fully saturated rings. The SMILES string of the molecule is Cc1c(Oc2ccccc2)nn(C)c1NC(=O)C[C@@H]1CC(F)(F)C1(F)F. The van der Waals surface area contributed by atoms with E-state index >= 15 is 0 Å². The summed E-state index contributed by atoms with van der Waals surface area (Å²) in [6, 6.07) is 8.84. The third kappa shape index (κ3) is 3.13. The van der Waals surface area contributed by atoms with Crippen molar-refractivity contribution in [2.24, 2.45) is 13.0 Å². The van der Waals surface area contributed by atoms with Crippen LogP contribution in [0.5, 0.6) is 11.6 Å². The fourth-order valence-corrected chi connectivity index (χ4v) is 2.83. The Labute approximate surface area is 146 Å². The molecule has 1 N–H and O–H groups in total. The van der Waals surface area contributed by atoms with Crippen LogP contribution in [0.2, 0.25) is 0 Å². The van der Waals surface area contributed by atoms with Crippen LogP contribution in [0.3, 0.4) is 0 Å². The van der Waals surface area contributed by atoms with Gasteiger partial charge in [-0.15, -0.1) is 5.10 Å².